The van der Waals surface area contributed by atoms with Gasteiger partial charge in [0, 0.05) is 17.9 Å². The molecule has 1 aliphatic carbocycles. The third-order valence-electron chi connectivity index (χ3n) is 3.62. The Balaban J connectivity index is 1.83. The molecule has 1 saturated heterocycles. The van der Waals surface area contributed by atoms with E-state index >= 15 is 0 Å². The van der Waals surface area contributed by atoms with Gasteiger partial charge < -0.3 is 5.32 Å². The molecule has 0 radical (unpaired) electrons. The molecule has 2 nitrogen and oxygen atoms in total. The summed E-state index contributed by atoms with van der Waals surface area (Å²) in [5, 5.41) is 2.84. The van der Waals surface area contributed by atoms with E-state index in [1.165, 1.54) is 6.07 Å². The minimum atomic E-state index is -0.156. The molecule has 1 N–H and O–H groups in total. The number of fused-ring (bicyclic) bond motifs is 1. The van der Waals surface area contributed by atoms with Crippen LogP contribution in [0.4, 0.5) is 4.39 Å². The van der Waals surface area contributed by atoms with Gasteiger partial charge >= 0.3 is 0 Å². The average Bonchev–Trinajstić information content (AvgIpc) is 2.86. The molecule has 3 rings (SSSR count). The number of benzene rings is 1. The van der Waals surface area contributed by atoms with Crippen LogP contribution in [0.3, 0.4) is 0 Å². The molecule has 0 spiro atoms. The SMILES string of the molecule is O=C1NCC2(Cc3ccccc3F)CC12. The highest BCUT2D eigenvalue weighted by atomic mass is 19.1. The maximum absolute atomic E-state index is 13.4. The van der Waals surface area contributed by atoms with E-state index in [-0.39, 0.29) is 23.1 Å². The zero-order valence-electron chi connectivity index (χ0n) is 8.29. The zero-order chi connectivity index (χ0) is 10.5. The van der Waals surface area contributed by atoms with Gasteiger partial charge in [-0.25, -0.2) is 4.39 Å². The number of carbonyl (C=O) groups is 1. The fraction of sp³-hybridized carbons (Fsp3) is 0.417. The van der Waals surface area contributed by atoms with Crippen LogP contribution in [0.2, 0.25) is 0 Å². The molecule has 78 valence electrons. The Kier molecular flexibility index (Phi) is 1.67. The van der Waals surface area contributed by atoms with Crippen molar-refractivity contribution in [2.24, 2.45) is 11.3 Å². The van der Waals surface area contributed by atoms with E-state index in [1.807, 2.05) is 12.1 Å². The van der Waals surface area contributed by atoms with Gasteiger partial charge in [0.25, 0.3) is 0 Å². The molecule has 2 aliphatic rings. The van der Waals surface area contributed by atoms with Crippen molar-refractivity contribution in [3.8, 4) is 0 Å². The molecule has 1 saturated carbocycles. The van der Waals surface area contributed by atoms with E-state index in [0.717, 1.165) is 12.0 Å². The molecule has 0 aromatic heterocycles. The van der Waals surface area contributed by atoms with Crippen LogP contribution in [0.1, 0.15) is 12.0 Å². The molecule has 1 aromatic carbocycles. The molecule has 2 atom stereocenters. The van der Waals surface area contributed by atoms with Crippen molar-refractivity contribution in [3.63, 3.8) is 0 Å². The van der Waals surface area contributed by atoms with Crippen molar-refractivity contribution in [2.45, 2.75) is 12.8 Å². The normalized spacial score (nSPS) is 32.3. The maximum Gasteiger partial charge on any atom is 0.223 e. The molecule has 1 amide bonds. The Morgan fingerprint density at radius 3 is 2.87 bits per heavy atom. The number of carbonyl (C=O) groups excluding carboxylic acids is 1. The van der Waals surface area contributed by atoms with Crippen molar-refractivity contribution in [1.82, 2.24) is 5.32 Å². The summed E-state index contributed by atoms with van der Waals surface area (Å²) in [6.45, 7) is 0.713. The van der Waals surface area contributed by atoms with E-state index in [0.29, 0.717) is 13.0 Å². The molecule has 0 bridgehead atoms. The Labute approximate surface area is 87.5 Å². The van der Waals surface area contributed by atoms with Crippen molar-refractivity contribution >= 4 is 5.91 Å². The number of hydrogen-bond donors (Lipinski definition) is 1. The van der Waals surface area contributed by atoms with Crippen molar-refractivity contribution in [2.75, 3.05) is 6.54 Å². The van der Waals surface area contributed by atoms with Gasteiger partial charge in [0.05, 0.1) is 0 Å². The number of piperidine rings is 1. The molecule has 1 aliphatic heterocycles. The Morgan fingerprint density at radius 1 is 1.47 bits per heavy atom. The van der Waals surface area contributed by atoms with Gasteiger partial charge in [-0.05, 0) is 24.5 Å². The van der Waals surface area contributed by atoms with Gasteiger partial charge in [-0.1, -0.05) is 18.2 Å². The smallest absolute Gasteiger partial charge is 0.223 e. The van der Waals surface area contributed by atoms with Gasteiger partial charge in [-0.2, -0.15) is 0 Å². The predicted octanol–water partition coefficient (Wildman–Crippen LogP) is 1.50. The molecule has 15 heavy (non-hydrogen) atoms. The van der Waals surface area contributed by atoms with Crippen LogP contribution in [0.15, 0.2) is 24.3 Å². The standard InChI is InChI=1S/C12H12FNO/c13-10-4-2-1-3-8(10)5-12-6-9(12)11(15)14-7-12/h1-4,9H,5-7H2,(H,14,15). The second-order valence-corrected chi connectivity index (χ2v) is 4.61. The fourth-order valence-electron chi connectivity index (χ4n) is 2.58. The second-order valence-electron chi connectivity index (χ2n) is 4.61. The largest absolute Gasteiger partial charge is 0.355 e. The van der Waals surface area contributed by atoms with Crippen LogP contribution in [-0.2, 0) is 11.2 Å². The minimum absolute atomic E-state index is 0.0271. The summed E-state index contributed by atoms with van der Waals surface area (Å²) in [6, 6.07) is 6.82. The number of rotatable bonds is 2. The van der Waals surface area contributed by atoms with Gasteiger partial charge in [0.15, 0.2) is 0 Å². The molecule has 1 heterocycles. The summed E-state index contributed by atoms with van der Waals surface area (Å²) in [5.41, 5.74) is 0.760. The second kappa shape index (κ2) is 2.81. The van der Waals surface area contributed by atoms with E-state index in [4.69, 9.17) is 0 Å². The van der Waals surface area contributed by atoms with Crippen LogP contribution in [0.5, 0.6) is 0 Å². The van der Waals surface area contributed by atoms with E-state index in [2.05, 4.69) is 5.32 Å². The summed E-state index contributed by atoms with van der Waals surface area (Å²) in [6.07, 6.45) is 1.61. The Hall–Kier alpha value is -1.38. The quantitative estimate of drug-likeness (QED) is 0.779. The first-order chi connectivity index (χ1) is 7.21. The first-order valence-corrected chi connectivity index (χ1v) is 5.22. The third kappa shape index (κ3) is 1.26. The van der Waals surface area contributed by atoms with Crippen molar-refractivity contribution < 1.29 is 9.18 Å². The van der Waals surface area contributed by atoms with Gasteiger partial charge in [-0.3, -0.25) is 4.79 Å². The highest BCUT2D eigenvalue weighted by molar-refractivity contribution is 5.85. The number of amides is 1. The summed E-state index contributed by atoms with van der Waals surface area (Å²) in [4.78, 5) is 11.3. The summed E-state index contributed by atoms with van der Waals surface area (Å²) in [7, 11) is 0. The monoisotopic (exact) mass is 205 g/mol. The zero-order valence-corrected chi connectivity index (χ0v) is 8.29. The third-order valence-corrected chi connectivity index (χ3v) is 3.62. The summed E-state index contributed by atoms with van der Waals surface area (Å²) < 4.78 is 13.4. The first kappa shape index (κ1) is 8.89. The maximum atomic E-state index is 13.4. The van der Waals surface area contributed by atoms with Gasteiger partial charge in [0.1, 0.15) is 5.82 Å². The van der Waals surface area contributed by atoms with Crippen LogP contribution in [0, 0.1) is 17.2 Å². The first-order valence-electron chi connectivity index (χ1n) is 5.22. The van der Waals surface area contributed by atoms with Crippen LogP contribution >= 0.6 is 0 Å². The molecular weight excluding hydrogens is 193 g/mol. The van der Waals surface area contributed by atoms with Crippen molar-refractivity contribution in [1.29, 1.82) is 0 Å². The lowest BCUT2D eigenvalue weighted by atomic mass is 9.95. The highest BCUT2D eigenvalue weighted by Crippen LogP contribution is 2.57. The van der Waals surface area contributed by atoms with Crippen LogP contribution < -0.4 is 5.32 Å². The summed E-state index contributed by atoms with van der Waals surface area (Å²) in [5.74, 6) is 0.125. The Bertz CT molecular complexity index is 431. The van der Waals surface area contributed by atoms with E-state index in [9.17, 15) is 9.18 Å². The van der Waals surface area contributed by atoms with Gasteiger partial charge in [0.2, 0.25) is 5.91 Å². The van der Waals surface area contributed by atoms with Crippen LogP contribution in [0.25, 0.3) is 0 Å². The number of halogens is 1. The Morgan fingerprint density at radius 2 is 2.27 bits per heavy atom. The molecule has 2 unspecified atom stereocenters. The number of hydrogen-bond acceptors (Lipinski definition) is 1. The predicted molar refractivity (Wildman–Crippen MR) is 53.7 cm³/mol. The van der Waals surface area contributed by atoms with E-state index < -0.39 is 0 Å². The molecule has 1 aromatic rings. The lowest BCUT2D eigenvalue weighted by Crippen LogP contribution is -2.21. The van der Waals surface area contributed by atoms with Crippen LogP contribution in [-0.4, -0.2) is 12.5 Å². The minimum Gasteiger partial charge on any atom is -0.355 e. The number of nitrogens with one attached hydrogen (secondary N) is 1. The average molecular weight is 205 g/mol. The van der Waals surface area contributed by atoms with Crippen molar-refractivity contribution in [3.05, 3.63) is 35.6 Å². The topological polar surface area (TPSA) is 29.1 Å². The highest BCUT2D eigenvalue weighted by Gasteiger charge is 2.62. The molecular formula is C12H12FNO. The molecule has 3 heteroatoms. The molecule has 2 fully saturated rings. The fourth-order valence-corrected chi connectivity index (χ4v) is 2.58. The lowest BCUT2D eigenvalue weighted by molar-refractivity contribution is -0.120. The van der Waals surface area contributed by atoms with E-state index in [1.54, 1.807) is 6.07 Å². The lowest BCUT2D eigenvalue weighted by Gasteiger charge is -2.11. The summed E-state index contributed by atoms with van der Waals surface area (Å²) >= 11 is 0. The van der Waals surface area contributed by atoms with Gasteiger partial charge in [-0.15, -0.1) is 0 Å².